The van der Waals surface area contributed by atoms with Gasteiger partial charge in [-0.3, -0.25) is 14.6 Å². The van der Waals surface area contributed by atoms with Crippen molar-refractivity contribution in [1.29, 1.82) is 0 Å². The number of amides is 2. The van der Waals surface area contributed by atoms with Gasteiger partial charge in [-0.25, -0.2) is 0 Å². The Bertz CT molecular complexity index is 725. The van der Waals surface area contributed by atoms with Crippen LogP contribution < -0.4 is 0 Å². The molecule has 1 aromatic heterocycles. The van der Waals surface area contributed by atoms with Gasteiger partial charge >= 0.3 is 0 Å². The Morgan fingerprint density at radius 2 is 1.79 bits per heavy atom. The number of piperazine rings is 1. The third-order valence-corrected chi connectivity index (χ3v) is 4.09. The highest BCUT2D eigenvalue weighted by molar-refractivity contribution is 5.94. The first-order valence-corrected chi connectivity index (χ1v) is 7.88. The fourth-order valence-electron chi connectivity index (χ4n) is 2.77. The minimum Gasteiger partial charge on any atom is -0.508 e. The SMILES string of the molecule is O=C(Cc1cccnc1)N1CCN(C(=O)c2cccc(O)c2)CC1. The van der Waals surface area contributed by atoms with Crippen LogP contribution in [0.5, 0.6) is 5.75 Å². The standard InChI is InChI=1S/C18H19N3O3/c22-16-5-1-4-15(12-16)18(24)21-9-7-20(8-10-21)17(23)11-14-3-2-6-19-13-14/h1-6,12-13,22H,7-11H2. The molecule has 0 radical (unpaired) electrons. The summed E-state index contributed by atoms with van der Waals surface area (Å²) in [4.78, 5) is 32.2. The monoisotopic (exact) mass is 325 g/mol. The van der Waals surface area contributed by atoms with Crippen molar-refractivity contribution >= 4 is 11.8 Å². The number of phenols is 1. The number of rotatable bonds is 3. The van der Waals surface area contributed by atoms with Crippen LogP contribution >= 0.6 is 0 Å². The van der Waals surface area contributed by atoms with E-state index in [9.17, 15) is 14.7 Å². The maximum atomic E-state index is 12.4. The smallest absolute Gasteiger partial charge is 0.254 e. The summed E-state index contributed by atoms with van der Waals surface area (Å²) < 4.78 is 0. The van der Waals surface area contributed by atoms with Gasteiger partial charge in [0.05, 0.1) is 6.42 Å². The first kappa shape index (κ1) is 16.0. The number of benzene rings is 1. The molecule has 1 aliphatic heterocycles. The summed E-state index contributed by atoms with van der Waals surface area (Å²) in [6.45, 7) is 2.02. The lowest BCUT2D eigenvalue weighted by Gasteiger charge is -2.35. The molecule has 0 spiro atoms. The van der Waals surface area contributed by atoms with E-state index in [1.807, 2.05) is 12.1 Å². The molecule has 6 nitrogen and oxygen atoms in total. The third-order valence-electron chi connectivity index (χ3n) is 4.09. The van der Waals surface area contributed by atoms with Crippen molar-refractivity contribution in [1.82, 2.24) is 14.8 Å². The van der Waals surface area contributed by atoms with Crippen LogP contribution in [-0.4, -0.2) is 57.9 Å². The van der Waals surface area contributed by atoms with Gasteiger partial charge < -0.3 is 14.9 Å². The van der Waals surface area contributed by atoms with Crippen molar-refractivity contribution in [3.63, 3.8) is 0 Å². The van der Waals surface area contributed by atoms with Gasteiger partial charge in [0.1, 0.15) is 5.75 Å². The predicted molar refractivity (Wildman–Crippen MR) is 88.5 cm³/mol. The van der Waals surface area contributed by atoms with E-state index in [1.165, 1.54) is 12.1 Å². The Kier molecular flexibility index (Phi) is 4.74. The van der Waals surface area contributed by atoms with Crippen LogP contribution in [0.4, 0.5) is 0 Å². The van der Waals surface area contributed by atoms with Gasteiger partial charge in [-0.15, -0.1) is 0 Å². The first-order valence-electron chi connectivity index (χ1n) is 7.88. The minimum absolute atomic E-state index is 0.0486. The molecule has 0 saturated carbocycles. The summed E-state index contributed by atoms with van der Waals surface area (Å²) >= 11 is 0. The van der Waals surface area contributed by atoms with Crippen molar-refractivity contribution in [3.8, 4) is 5.75 Å². The quantitative estimate of drug-likeness (QED) is 0.923. The normalized spacial score (nSPS) is 14.5. The van der Waals surface area contributed by atoms with Gasteiger partial charge in [-0.1, -0.05) is 12.1 Å². The van der Waals surface area contributed by atoms with Gasteiger partial charge in [0.15, 0.2) is 0 Å². The van der Waals surface area contributed by atoms with Crippen molar-refractivity contribution in [3.05, 3.63) is 59.9 Å². The third kappa shape index (κ3) is 3.71. The second-order valence-corrected chi connectivity index (χ2v) is 5.76. The van der Waals surface area contributed by atoms with Gasteiger partial charge in [-0.2, -0.15) is 0 Å². The van der Waals surface area contributed by atoms with Gasteiger partial charge in [0.25, 0.3) is 5.91 Å². The summed E-state index contributed by atoms with van der Waals surface area (Å²) in [5.74, 6) is 0.00356. The lowest BCUT2D eigenvalue weighted by molar-refractivity contribution is -0.131. The van der Waals surface area contributed by atoms with E-state index in [4.69, 9.17) is 0 Å². The van der Waals surface area contributed by atoms with Crippen LogP contribution in [0.3, 0.4) is 0 Å². The van der Waals surface area contributed by atoms with Crippen LogP contribution in [-0.2, 0) is 11.2 Å². The van der Waals surface area contributed by atoms with E-state index in [0.717, 1.165) is 5.56 Å². The predicted octanol–water partition coefficient (Wildman–Crippen LogP) is 1.31. The number of aromatic nitrogens is 1. The molecule has 0 atom stereocenters. The summed E-state index contributed by atoms with van der Waals surface area (Å²) in [7, 11) is 0. The van der Waals surface area contributed by atoms with E-state index in [1.54, 1.807) is 34.3 Å². The number of hydrogen-bond acceptors (Lipinski definition) is 4. The minimum atomic E-state index is -0.120. The zero-order valence-corrected chi connectivity index (χ0v) is 13.3. The van der Waals surface area contributed by atoms with Gasteiger partial charge in [-0.05, 0) is 29.8 Å². The van der Waals surface area contributed by atoms with Gasteiger partial charge in [0.2, 0.25) is 5.91 Å². The molecule has 1 saturated heterocycles. The molecule has 1 fully saturated rings. The summed E-state index contributed by atoms with van der Waals surface area (Å²) in [6, 6.07) is 10.0. The fraction of sp³-hybridized carbons (Fsp3) is 0.278. The van der Waals surface area contributed by atoms with Crippen molar-refractivity contribution in [2.75, 3.05) is 26.2 Å². The molecule has 0 unspecified atom stereocenters. The maximum Gasteiger partial charge on any atom is 0.254 e. The molecule has 1 aromatic carbocycles. The number of hydrogen-bond donors (Lipinski definition) is 1. The molecule has 2 amide bonds. The number of pyridine rings is 1. The number of carbonyl (C=O) groups is 2. The number of nitrogens with zero attached hydrogens (tertiary/aromatic N) is 3. The molecule has 3 rings (SSSR count). The maximum absolute atomic E-state index is 12.4. The fourth-order valence-corrected chi connectivity index (χ4v) is 2.77. The molecule has 2 heterocycles. The Balaban J connectivity index is 1.55. The molecule has 0 aliphatic carbocycles. The topological polar surface area (TPSA) is 73.7 Å². The summed E-state index contributed by atoms with van der Waals surface area (Å²) in [6.07, 6.45) is 3.70. The zero-order valence-electron chi connectivity index (χ0n) is 13.3. The van der Waals surface area contributed by atoms with Gasteiger partial charge in [0, 0.05) is 44.1 Å². The highest BCUT2D eigenvalue weighted by Crippen LogP contribution is 2.15. The molecule has 1 N–H and O–H groups in total. The van der Waals surface area contributed by atoms with E-state index < -0.39 is 0 Å². The Labute approximate surface area is 140 Å². The zero-order chi connectivity index (χ0) is 16.9. The van der Waals surface area contributed by atoms with Crippen molar-refractivity contribution in [2.24, 2.45) is 0 Å². The van der Waals surface area contributed by atoms with Crippen LogP contribution in [0.2, 0.25) is 0 Å². The largest absolute Gasteiger partial charge is 0.508 e. The molecule has 1 aliphatic rings. The highest BCUT2D eigenvalue weighted by atomic mass is 16.3. The number of carbonyl (C=O) groups excluding carboxylic acids is 2. The Hall–Kier alpha value is -2.89. The molecule has 2 aromatic rings. The molecule has 0 bridgehead atoms. The van der Waals surface area contributed by atoms with Crippen molar-refractivity contribution < 1.29 is 14.7 Å². The number of phenolic OH excluding ortho intramolecular Hbond substituents is 1. The molecular formula is C18H19N3O3. The molecular weight excluding hydrogens is 306 g/mol. The molecule has 6 heteroatoms. The molecule has 124 valence electrons. The average molecular weight is 325 g/mol. The van der Waals surface area contributed by atoms with E-state index in [2.05, 4.69) is 4.98 Å². The number of aromatic hydroxyl groups is 1. The Morgan fingerprint density at radius 1 is 1.04 bits per heavy atom. The second kappa shape index (κ2) is 7.12. The van der Waals surface area contributed by atoms with Crippen LogP contribution in [0.25, 0.3) is 0 Å². The second-order valence-electron chi connectivity index (χ2n) is 5.76. The molecule has 24 heavy (non-hydrogen) atoms. The van der Waals surface area contributed by atoms with Crippen LogP contribution in [0.15, 0.2) is 48.8 Å². The van der Waals surface area contributed by atoms with E-state index >= 15 is 0 Å². The first-order chi connectivity index (χ1) is 11.6. The Morgan fingerprint density at radius 3 is 2.46 bits per heavy atom. The van der Waals surface area contributed by atoms with Crippen LogP contribution in [0, 0.1) is 0 Å². The van der Waals surface area contributed by atoms with E-state index in [-0.39, 0.29) is 17.6 Å². The van der Waals surface area contributed by atoms with Crippen LogP contribution in [0.1, 0.15) is 15.9 Å². The summed E-state index contributed by atoms with van der Waals surface area (Å²) in [5.41, 5.74) is 1.35. The van der Waals surface area contributed by atoms with Crippen molar-refractivity contribution in [2.45, 2.75) is 6.42 Å². The lowest BCUT2D eigenvalue weighted by Crippen LogP contribution is -2.51. The lowest BCUT2D eigenvalue weighted by atomic mass is 10.1. The summed E-state index contributed by atoms with van der Waals surface area (Å²) in [5, 5.41) is 9.49. The van der Waals surface area contributed by atoms with E-state index in [0.29, 0.717) is 38.2 Å². The highest BCUT2D eigenvalue weighted by Gasteiger charge is 2.24. The average Bonchev–Trinajstić information content (AvgIpc) is 2.62.